The number of nitrogens with zero attached hydrogens (tertiary/aromatic N) is 1. The summed E-state index contributed by atoms with van der Waals surface area (Å²) in [5.74, 6) is -0.732. The third kappa shape index (κ3) is 7.52. The van der Waals surface area contributed by atoms with Crippen molar-refractivity contribution < 1.29 is 19.1 Å². The number of para-hydroxylation sites is 1. The molecule has 2 atom stereocenters. The lowest BCUT2D eigenvalue weighted by atomic mass is 10.0. The van der Waals surface area contributed by atoms with Gasteiger partial charge in [0.2, 0.25) is 5.91 Å². The zero-order chi connectivity index (χ0) is 25.5. The van der Waals surface area contributed by atoms with Crippen LogP contribution in [0, 0.1) is 6.92 Å². The van der Waals surface area contributed by atoms with Crippen molar-refractivity contribution in [3.8, 4) is 0 Å². The Labute approximate surface area is 207 Å². The molecule has 0 aliphatic rings. The molecule has 2 rings (SSSR count). The molecule has 0 heterocycles. The number of amides is 3. The molecule has 0 radical (unpaired) electrons. The van der Waals surface area contributed by atoms with Crippen molar-refractivity contribution in [2.24, 2.45) is 0 Å². The Morgan fingerprint density at radius 1 is 1.00 bits per heavy atom. The molecule has 2 unspecified atom stereocenters. The Kier molecular flexibility index (Phi) is 9.55. The summed E-state index contributed by atoms with van der Waals surface area (Å²) in [4.78, 5) is 41.1. The number of carbonyl (C=O) groups excluding carboxylic acids is 3. The monoisotopic (exact) mass is 485 g/mol. The summed E-state index contributed by atoms with van der Waals surface area (Å²) in [7, 11) is 0. The van der Waals surface area contributed by atoms with Gasteiger partial charge in [-0.05, 0) is 58.7 Å². The van der Waals surface area contributed by atoms with Crippen LogP contribution in [0.4, 0.5) is 10.5 Å². The molecule has 0 saturated carbocycles. The number of carbonyl (C=O) groups is 3. The molecule has 0 bridgehead atoms. The van der Waals surface area contributed by atoms with Crippen molar-refractivity contribution in [2.45, 2.75) is 65.3 Å². The molecule has 34 heavy (non-hydrogen) atoms. The molecule has 0 aromatic heterocycles. The predicted molar refractivity (Wildman–Crippen MR) is 138 cm³/mol. The number of rotatable bonds is 8. The lowest BCUT2D eigenvalue weighted by Gasteiger charge is -2.37. The van der Waals surface area contributed by atoms with Crippen LogP contribution in [-0.2, 0) is 14.3 Å². The van der Waals surface area contributed by atoms with Gasteiger partial charge in [0.1, 0.15) is 17.7 Å². The topological polar surface area (TPSA) is 87.7 Å². The van der Waals surface area contributed by atoms with Crippen LogP contribution >= 0.6 is 12.6 Å². The molecule has 8 heteroatoms. The molecular weight excluding hydrogens is 450 g/mol. The quantitative estimate of drug-likeness (QED) is 0.472. The summed E-state index contributed by atoms with van der Waals surface area (Å²) in [5.41, 5.74) is 1.52. The molecule has 0 aliphatic carbocycles. The van der Waals surface area contributed by atoms with Gasteiger partial charge < -0.3 is 20.3 Å². The van der Waals surface area contributed by atoms with E-state index in [0.717, 1.165) is 5.56 Å². The normalized spacial score (nSPS) is 13.1. The second kappa shape index (κ2) is 11.9. The van der Waals surface area contributed by atoms with Crippen molar-refractivity contribution in [1.29, 1.82) is 0 Å². The highest BCUT2D eigenvalue weighted by Crippen LogP contribution is 2.27. The number of aryl methyl sites for hydroxylation is 1. The Morgan fingerprint density at radius 3 is 2.12 bits per heavy atom. The van der Waals surface area contributed by atoms with Gasteiger partial charge in [-0.15, -0.1) is 0 Å². The van der Waals surface area contributed by atoms with Crippen LogP contribution < -0.4 is 10.6 Å². The summed E-state index contributed by atoms with van der Waals surface area (Å²) in [6.07, 6.45) is -0.718. The molecule has 7 nitrogen and oxygen atoms in total. The van der Waals surface area contributed by atoms with Crippen LogP contribution in [0.1, 0.15) is 51.8 Å². The van der Waals surface area contributed by atoms with E-state index in [9.17, 15) is 14.4 Å². The minimum absolute atomic E-state index is 0.0439. The second-order valence-electron chi connectivity index (χ2n) is 9.34. The van der Waals surface area contributed by atoms with Gasteiger partial charge in [0.05, 0.1) is 0 Å². The average Bonchev–Trinajstić information content (AvgIpc) is 2.75. The molecule has 0 saturated heterocycles. The highest BCUT2D eigenvalue weighted by atomic mass is 32.1. The zero-order valence-corrected chi connectivity index (χ0v) is 21.6. The van der Waals surface area contributed by atoms with Crippen LogP contribution in [0.2, 0.25) is 0 Å². The third-order valence-corrected chi connectivity index (χ3v) is 5.39. The Hall–Kier alpha value is -3.00. The van der Waals surface area contributed by atoms with Gasteiger partial charge in [-0.3, -0.25) is 9.59 Å². The minimum atomic E-state index is -0.974. The highest BCUT2D eigenvalue weighted by Gasteiger charge is 2.37. The maximum Gasteiger partial charge on any atom is 0.408 e. The van der Waals surface area contributed by atoms with Crippen LogP contribution in [0.15, 0.2) is 54.6 Å². The number of hydrogen-bond acceptors (Lipinski definition) is 5. The minimum Gasteiger partial charge on any atom is -0.444 e. The predicted octanol–water partition coefficient (Wildman–Crippen LogP) is 4.73. The number of thiol groups is 1. The molecule has 2 aromatic carbocycles. The standard InChI is InChI=1S/C26H35N3O4S/c1-17(2)29(24(31)21(16-34)28-25(32)33-26(4,5)6)22(19-13-8-7-9-14-19)23(30)27-20-15-11-10-12-18(20)3/h7-15,17,21-22,34H,16H2,1-6H3,(H,27,30)(H,28,32). The molecular formula is C26H35N3O4S. The lowest BCUT2D eigenvalue weighted by Crippen LogP contribution is -2.55. The van der Waals surface area contributed by atoms with Gasteiger partial charge >= 0.3 is 6.09 Å². The molecule has 2 aromatic rings. The number of benzene rings is 2. The Bertz CT molecular complexity index is 989. The average molecular weight is 486 g/mol. The van der Waals surface area contributed by atoms with E-state index >= 15 is 0 Å². The summed E-state index contributed by atoms with van der Waals surface area (Å²) in [6, 6.07) is 14.3. The van der Waals surface area contributed by atoms with Gasteiger partial charge in [0.25, 0.3) is 5.91 Å². The first kappa shape index (κ1) is 27.2. The van der Waals surface area contributed by atoms with Crippen molar-refractivity contribution >= 4 is 36.2 Å². The summed E-state index contributed by atoms with van der Waals surface area (Å²) in [5, 5.41) is 5.57. The first-order chi connectivity index (χ1) is 15.9. The van der Waals surface area contributed by atoms with Crippen molar-refractivity contribution in [1.82, 2.24) is 10.2 Å². The van der Waals surface area contributed by atoms with Crippen molar-refractivity contribution in [2.75, 3.05) is 11.1 Å². The fraction of sp³-hybridized carbons (Fsp3) is 0.423. The summed E-state index contributed by atoms with van der Waals surface area (Å²) in [6.45, 7) is 10.8. The van der Waals surface area contributed by atoms with Crippen molar-refractivity contribution in [3.63, 3.8) is 0 Å². The van der Waals surface area contributed by atoms with Crippen LogP contribution in [-0.4, -0.2) is 46.2 Å². The Morgan fingerprint density at radius 2 is 1.59 bits per heavy atom. The maximum atomic E-state index is 13.7. The maximum absolute atomic E-state index is 13.7. The third-order valence-electron chi connectivity index (χ3n) is 5.03. The lowest BCUT2D eigenvalue weighted by molar-refractivity contribution is -0.142. The van der Waals surface area contributed by atoms with E-state index in [1.165, 1.54) is 4.90 Å². The van der Waals surface area contributed by atoms with Gasteiger partial charge in [0.15, 0.2) is 0 Å². The molecule has 184 valence electrons. The van der Waals surface area contributed by atoms with Crippen molar-refractivity contribution in [3.05, 3.63) is 65.7 Å². The molecule has 0 fully saturated rings. The number of nitrogens with one attached hydrogen (secondary N) is 2. The number of anilines is 1. The fourth-order valence-electron chi connectivity index (χ4n) is 3.48. The van der Waals surface area contributed by atoms with Crippen LogP contribution in [0.5, 0.6) is 0 Å². The van der Waals surface area contributed by atoms with Crippen LogP contribution in [0.25, 0.3) is 0 Å². The fourth-order valence-corrected chi connectivity index (χ4v) is 3.73. The number of alkyl carbamates (subject to hydrolysis) is 1. The number of ether oxygens (including phenoxy) is 1. The second-order valence-corrected chi connectivity index (χ2v) is 9.70. The summed E-state index contributed by atoms with van der Waals surface area (Å²) >= 11 is 4.29. The molecule has 3 amide bonds. The van der Waals surface area contributed by atoms with E-state index < -0.39 is 29.7 Å². The zero-order valence-electron chi connectivity index (χ0n) is 20.7. The van der Waals surface area contributed by atoms with Crippen LogP contribution in [0.3, 0.4) is 0 Å². The first-order valence-corrected chi connectivity index (χ1v) is 11.9. The van der Waals surface area contributed by atoms with Gasteiger partial charge in [-0.1, -0.05) is 48.5 Å². The largest absolute Gasteiger partial charge is 0.444 e. The smallest absolute Gasteiger partial charge is 0.408 e. The van der Waals surface area contributed by atoms with Gasteiger partial charge in [-0.25, -0.2) is 4.79 Å². The van der Waals surface area contributed by atoms with Gasteiger partial charge in [-0.2, -0.15) is 12.6 Å². The van der Waals surface area contributed by atoms with E-state index in [0.29, 0.717) is 11.3 Å². The first-order valence-electron chi connectivity index (χ1n) is 11.3. The van der Waals surface area contributed by atoms with E-state index in [1.54, 1.807) is 20.8 Å². The summed E-state index contributed by atoms with van der Waals surface area (Å²) < 4.78 is 5.31. The highest BCUT2D eigenvalue weighted by molar-refractivity contribution is 7.80. The SMILES string of the molecule is Cc1ccccc1NC(=O)C(c1ccccc1)N(C(=O)C(CS)NC(=O)OC(C)(C)C)C(C)C. The molecule has 0 aliphatic heterocycles. The van der Waals surface area contributed by atoms with E-state index in [4.69, 9.17) is 4.74 Å². The van der Waals surface area contributed by atoms with Gasteiger partial charge in [0, 0.05) is 17.5 Å². The van der Waals surface area contributed by atoms with E-state index in [-0.39, 0.29) is 17.7 Å². The van der Waals surface area contributed by atoms with E-state index in [2.05, 4.69) is 23.3 Å². The Balaban J connectivity index is 2.42. The van der Waals surface area contributed by atoms with E-state index in [1.807, 2.05) is 75.4 Å². The number of hydrogen-bond donors (Lipinski definition) is 3. The molecule has 0 spiro atoms. The molecule has 2 N–H and O–H groups in total.